The highest BCUT2D eigenvalue weighted by Gasteiger charge is 2.39. The van der Waals surface area contributed by atoms with Gasteiger partial charge in [0.05, 0.1) is 11.4 Å². The quantitative estimate of drug-likeness (QED) is 0.626. The van der Waals surface area contributed by atoms with E-state index >= 15 is 0 Å². The van der Waals surface area contributed by atoms with E-state index < -0.39 is 0 Å². The lowest BCUT2D eigenvalue weighted by Crippen LogP contribution is -2.40. The number of hydrogen-bond acceptors (Lipinski definition) is 3. The molecule has 0 fully saturated rings. The van der Waals surface area contributed by atoms with E-state index in [0.717, 1.165) is 41.7 Å². The topological polar surface area (TPSA) is 49.7 Å². The Kier molecular flexibility index (Phi) is 5.15. The maximum Gasteiger partial charge on any atom is 0.248 e. The molecule has 31 heavy (non-hydrogen) atoms. The van der Waals surface area contributed by atoms with E-state index in [1.54, 1.807) is 0 Å². The number of aliphatic imine (C=N–C) groups is 1. The molecule has 2 aromatic rings. The Labute approximate surface area is 185 Å². The molecule has 1 heterocycles. The van der Waals surface area contributed by atoms with Crippen molar-refractivity contribution in [1.82, 2.24) is 0 Å². The number of fused-ring (bicyclic) bond motifs is 2. The molecule has 0 atom stereocenters. The van der Waals surface area contributed by atoms with Crippen LogP contribution in [0.1, 0.15) is 87.0 Å². The number of carbonyl (C=O) groups excluding carboxylic acids is 2. The molecule has 0 N–H and O–H groups in total. The van der Waals surface area contributed by atoms with Gasteiger partial charge in [-0.05, 0) is 60.8 Å². The Bertz CT molecular complexity index is 1080. The minimum absolute atomic E-state index is 0.0172. The van der Waals surface area contributed by atoms with Crippen LogP contribution in [0.5, 0.6) is 0 Å². The van der Waals surface area contributed by atoms with Gasteiger partial charge in [-0.25, -0.2) is 0 Å². The standard InChI is InChI=1S/C27H32N2O2/c1-17(2)29-23-14-22-21(26(3,4)11-12-27(22,5)6)13-20(23)25(28-15-24(29)31)19-9-7-18(16-30)8-10-19/h7-10,13-14,16-17H,11-12,15H2,1-6H3. The van der Waals surface area contributed by atoms with Gasteiger partial charge in [0.15, 0.2) is 0 Å². The molecule has 0 saturated carbocycles. The third-order valence-corrected chi connectivity index (χ3v) is 6.96. The van der Waals surface area contributed by atoms with E-state index in [4.69, 9.17) is 4.99 Å². The number of carbonyl (C=O) groups is 2. The molecule has 162 valence electrons. The molecule has 4 heteroatoms. The van der Waals surface area contributed by atoms with E-state index in [0.29, 0.717) is 5.56 Å². The molecule has 4 rings (SSSR count). The summed E-state index contributed by atoms with van der Waals surface area (Å²) < 4.78 is 0. The van der Waals surface area contributed by atoms with E-state index in [9.17, 15) is 9.59 Å². The number of aldehydes is 1. The Hall–Kier alpha value is -2.75. The molecule has 0 bridgehead atoms. The summed E-state index contributed by atoms with van der Waals surface area (Å²) >= 11 is 0. The van der Waals surface area contributed by atoms with Crippen molar-refractivity contribution in [2.75, 3.05) is 11.4 Å². The Morgan fingerprint density at radius 1 is 0.968 bits per heavy atom. The zero-order valence-corrected chi connectivity index (χ0v) is 19.5. The van der Waals surface area contributed by atoms with Crippen molar-refractivity contribution in [1.29, 1.82) is 0 Å². The Morgan fingerprint density at radius 3 is 2.10 bits per heavy atom. The van der Waals surface area contributed by atoms with E-state index in [-0.39, 0.29) is 29.3 Å². The zero-order chi connectivity index (χ0) is 22.6. The first-order valence-electron chi connectivity index (χ1n) is 11.2. The number of nitrogens with zero attached hydrogens (tertiary/aromatic N) is 2. The molecule has 0 spiro atoms. The summed E-state index contributed by atoms with van der Waals surface area (Å²) in [4.78, 5) is 30.9. The monoisotopic (exact) mass is 416 g/mol. The van der Waals surface area contributed by atoms with Gasteiger partial charge in [-0.2, -0.15) is 0 Å². The predicted octanol–water partition coefficient (Wildman–Crippen LogP) is 5.44. The molecule has 1 aliphatic heterocycles. The molecule has 0 saturated heterocycles. The highest BCUT2D eigenvalue weighted by molar-refractivity contribution is 6.20. The van der Waals surface area contributed by atoms with Crippen molar-refractivity contribution in [3.05, 3.63) is 64.2 Å². The predicted molar refractivity (Wildman–Crippen MR) is 127 cm³/mol. The lowest BCUT2D eigenvalue weighted by atomic mass is 9.62. The first-order chi connectivity index (χ1) is 14.5. The number of anilines is 1. The fraction of sp³-hybridized carbons (Fsp3) is 0.444. The molecule has 2 aliphatic rings. The number of rotatable bonds is 3. The minimum atomic E-state index is 0.0172. The van der Waals surface area contributed by atoms with Crippen LogP contribution in [-0.4, -0.2) is 30.5 Å². The molecule has 2 aromatic carbocycles. The smallest absolute Gasteiger partial charge is 0.248 e. The molecule has 4 nitrogen and oxygen atoms in total. The fourth-order valence-corrected chi connectivity index (χ4v) is 4.97. The second-order valence-electron chi connectivity index (χ2n) is 10.4. The average molecular weight is 417 g/mol. The van der Waals surface area contributed by atoms with Crippen molar-refractivity contribution < 1.29 is 9.59 Å². The molecule has 1 aliphatic carbocycles. The number of hydrogen-bond donors (Lipinski definition) is 0. The van der Waals surface area contributed by atoms with Gasteiger partial charge in [0.25, 0.3) is 0 Å². The third-order valence-electron chi connectivity index (χ3n) is 6.96. The molecule has 0 aromatic heterocycles. The molecule has 1 amide bonds. The van der Waals surface area contributed by atoms with Gasteiger partial charge < -0.3 is 4.90 Å². The van der Waals surface area contributed by atoms with Crippen LogP contribution in [-0.2, 0) is 15.6 Å². The Balaban J connectivity index is 2.01. The van der Waals surface area contributed by atoms with Crippen molar-refractivity contribution in [3.8, 4) is 0 Å². The molecular formula is C27H32N2O2. The molecular weight excluding hydrogens is 384 g/mol. The number of benzene rings is 2. The summed E-state index contributed by atoms with van der Waals surface area (Å²) in [5.41, 5.74) is 7.13. The maximum atomic E-state index is 13.1. The first-order valence-corrected chi connectivity index (χ1v) is 11.2. The third kappa shape index (κ3) is 3.62. The normalized spacial score (nSPS) is 19.4. The average Bonchev–Trinajstić information content (AvgIpc) is 2.86. The van der Waals surface area contributed by atoms with Crippen LogP contribution in [0.2, 0.25) is 0 Å². The highest BCUT2D eigenvalue weighted by atomic mass is 16.2. The minimum Gasteiger partial charge on any atom is -0.308 e. The van der Waals surface area contributed by atoms with Gasteiger partial charge in [-0.3, -0.25) is 14.6 Å². The second-order valence-corrected chi connectivity index (χ2v) is 10.4. The summed E-state index contributed by atoms with van der Waals surface area (Å²) in [5.74, 6) is 0.0172. The van der Waals surface area contributed by atoms with Crippen molar-refractivity contribution in [3.63, 3.8) is 0 Å². The van der Waals surface area contributed by atoms with Crippen molar-refractivity contribution in [2.24, 2.45) is 4.99 Å². The van der Waals surface area contributed by atoms with Gasteiger partial charge >= 0.3 is 0 Å². The maximum absolute atomic E-state index is 13.1. The summed E-state index contributed by atoms with van der Waals surface area (Å²) in [7, 11) is 0. The largest absolute Gasteiger partial charge is 0.308 e. The van der Waals surface area contributed by atoms with Crippen LogP contribution in [0.15, 0.2) is 41.4 Å². The SMILES string of the molecule is CC(C)N1C(=O)CN=C(c2ccc(C=O)cc2)c2cc3c(cc21)C(C)(C)CCC3(C)C. The lowest BCUT2D eigenvalue weighted by Gasteiger charge is -2.43. The van der Waals surface area contributed by atoms with Crippen molar-refractivity contribution >= 4 is 23.6 Å². The second kappa shape index (κ2) is 7.44. The molecule has 0 unspecified atom stereocenters. The van der Waals surface area contributed by atoms with Crippen LogP contribution in [0.25, 0.3) is 0 Å². The van der Waals surface area contributed by atoms with Gasteiger partial charge in [-0.15, -0.1) is 0 Å². The number of amides is 1. The summed E-state index contributed by atoms with van der Waals surface area (Å²) in [5, 5.41) is 0. The summed E-state index contributed by atoms with van der Waals surface area (Å²) in [6, 6.07) is 12.0. The van der Waals surface area contributed by atoms with Crippen molar-refractivity contribution in [2.45, 2.75) is 71.3 Å². The van der Waals surface area contributed by atoms with Crippen LogP contribution in [0, 0.1) is 0 Å². The summed E-state index contributed by atoms with van der Waals surface area (Å²) in [6.45, 7) is 13.5. The van der Waals surface area contributed by atoms with Gasteiger partial charge in [0, 0.05) is 22.7 Å². The van der Waals surface area contributed by atoms with Crippen LogP contribution < -0.4 is 4.90 Å². The fourth-order valence-electron chi connectivity index (χ4n) is 4.97. The van der Waals surface area contributed by atoms with E-state index in [2.05, 4.69) is 53.7 Å². The first kappa shape index (κ1) is 21.5. The van der Waals surface area contributed by atoms with Gasteiger partial charge in [0.2, 0.25) is 5.91 Å². The van der Waals surface area contributed by atoms with Crippen LogP contribution in [0.4, 0.5) is 5.69 Å². The van der Waals surface area contributed by atoms with Crippen LogP contribution >= 0.6 is 0 Å². The van der Waals surface area contributed by atoms with Gasteiger partial charge in [0.1, 0.15) is 12.8 Å². The highest BCUT2D eigenvalue weighted by Crippen LogP contribution is 2.48. The summed E-state index contributed by atoms with van der Waals surface area (Å²) in [6.07, 6.45) is 3.09. The molecule has 0 radical (unpaired) electrons. The van der Waals surface area contributed by atoms with Crippen LogP contribution in [0.3, 0.4) is 0 Å². The van der Waals surface area contributed by atoms with E-state index in [1.165, 1.54) is 11.1 Å². The zero-order valence-electron chi connectivity index (χ0n) is 19.5. The van der Waals surface area contributed by atoms with Gasteiger partial charge in [-0.1, -0.05) is 52.0 Å². The Morgan fingerprint density at radius 2 is 1.55 bits per heavy atom. The van der Waals surface area contributed by atoms with E-state index in [1.807, 2.05) is 29.2 Å². The lowest BCUT2D eigenvalue weighted by molar-refractivity contribution is -0.117.